The van der Waals surface area contributed by atoms with Crippen LogP contribution in [0.15, 0.2) is 4.99 Å². The van der Waals surface area contributed by atoms with Crippen molar-refractivity contribution in [1.82, 2.24) is 5.32 Å². The highest BCUT2D eigenvalue weighted by molar-refractivity contribution is 5.84. The Morgan fingerprint density at radius 3 is 1.96 bits per heavy atom. The fourth-order valence-corrected chi connectivity index (χ4v) is 1.01. The summed E-state index contributed by atoms with van der Waals surface area (Å²) in [4.78, 5) is 34.2. The Balaban J connectivity index is 0. The fourth-order valence-electron chi connectivity index (χ4n) is 1.01. The number of carbonyl (C=O) groups is 3. The molecule has 0 aliphatic heterocycles. The lowest BCUT2D eigenvalue weighted by Crippen LogP contribution is -2.43. The number of carboxylic acid groups (broad SMARTS) is 2. The molecule has 0 aliphatic carbocycles. The summed E-state index contributed by atoms with van der Waals surface area (Å²) in [6.45, 7) is 0.0856. The third-order valence-electron chi connectivity index (χ3n) is 2.01. The minimum absolute atomic E-state index is 0.0436. The minimum Gasteiger partial charge on any atom is -0.480 e. The number of nitrogens with two attached hydrogens (primary N) is 3. The van der Waals surface area contributed by atoms with Crippen LogP contribution in [0.5, 0.6) is 0 Å². The van der Waals surface area contributed by atoms with Crippen molar-refractivity contribution in [1.29, 1.82) is 0 Å². The molecule has 0 radical (unpaired) electrons. The number of carbonyl (C=O) groups excluding carboxylic acids is 1. The van der Waals surface area contributed by atoms with E-state index in [1.54, 1.807) is 0 Å². The van der Waals surface area contributed by atoms with Gasteiger partial charge in [0.1, 0.15) is 6.04 Å². The molecule has 0 saturated carbocycles. The van der Waals surface area contributed by atoms with Crippen LogP contribution in [0.25, 0.3) is 0 Å². The average molecular weight is 355 g/mol. The van der Waals surface area contributed by atoms with E-state index in [-0.39, 0.29) is 18.9 Å². The highest BCUT2D eigenvalue weighted by atomic mass is 19.4. The summed E-state index contributed by atoms with van der Waals surface area (Å²) in [7, 11) is 0. The molecule has 0 heterocycles. The van der Waals surface area contributed by atoms with E-state index in [0.29, 0.717) is 13.0 Å². The first-order valence-electron chi connectivity index (χ1n) is 5.99. The number of amides is 1. The molecule has 13 heteroatoms. The van der Waals surface area contributed by atoms with Crippen molar-refractivity contribution in [3.05, 3.63) is 0 Å². The smallest absolute Gasteiger partial charge is 0.480 e. The molecule has 0 aromatic heterocycles. The number of hydrogen-bond acceptors (Lipinski definition) is 5. The van der Waals surface area contributed by atoms with E-state index in [1.807, 2.05) is 0 Å². The molecule has 0 fully saturated rings. The molecule has 1 atom stereocenters. The van der Waals surface area contributed by atoms with Crippen molar-refractivity contribution in [2.45, 2.75) is 25.1 Å². The van der Waals surface area contributed by atoms with E-state index in [1.165, 1.54) is 0 Å². The van der Waals surface area contributed by atoms with E-state index >= 15 is 0 Å². The molecule has 0 saturated heterocycles. The second kappa shape index (κ2) is 11.1. The summed E-state index contributed by atoms with van der Waals surface area (Å²) in [5.74, 6) is -4.41. The van der Waals surface area contributed by atoms with Crippen LogP contribution in [0.4, 0.5) is 13.2 Å². The molecule has 0 bridgehead atoms. The molecule has 10 nitrogen and oxygen atoms in total. The number of carboxylic acids is 2. The molecular weight excluding hydrogens is 337 g/mol. The SMILES string of the molecule is NCC(=O)[15NH][13C@@H]([13CH2][13CH2][13CH2][15N]=[13C]([15NH2])[15NH2])[13C](=O)O.O=C(O)C(F)(F)F. The molecule has 1 amide bonds. The van der Waals surface area contributed by atoms with Crippen LogP contribution in [0.2, 0.25) is 0 Å². The van der Waals surface area contributed by atoms with Crippen LogP contribution in [0.1, 0.15) is 12.8 Å². The summed E-state index contributed by atoms with van der Waals surface area (Å²) in [6.07, 6.45) is -4.38. The van der Waals surface area contributed by atoms with E-state index in [0.717, 1.165) is 0 Å². The van der Waals surface area contributed by atoms with Crippen molar-refractivity contribution in [2.75, 3.05) is 13.1 Å². The first-order valence-corrected chi connectivity index (χ1v) is 5.99. The molecular formula is C10H18F3N5O5. The van der Waals surface area contributed by atoms with Gasteiger partial charge in [-0.15, -0.1) is 0 Å². The largest absolute Gasteiger partial charge is 0.490 e. The maximum absolute atomic E-state index is 10.9. The number of nitrogens with one attached hydrogen (secondary N) is 1. The molecule has 0 aliphatic rings. The first kappa shape index (κ1) is 22.7. The van der Waals surface area contributed by atoms with Gasteiger partial charge in [-0.2, -0.15) is 13.2 Å². The van der Waals surface area contributed by atoms with Gasteiger partial charge in [0.05, 0.1) is 6.54 Å². The second-order valence-electron chi connectivity index (χ2n) is 3.91. The van der Waals surface area contributed by atoms with Crippen molar-refractivity contribution < 1.29 is 37.8 Å². The summed E-state index contributed by atoms with van der Waals surface area (Å²) < 4.78 is 31.7. The summed E-state index contributed by atoms with van der Waals surface area (Å²) in [5, 5.41) is 18.2. The molecule has 134 valence electrons. The van der Waals surface area contributed by atoms with Gasteiger partial charge in [0.2, 0.25) is 5.91 Å². The van der Waals surface area contributed by atoms with Gasteiger partial charge in [0.15, 0.2) is 5.96 Å². The van der Waals surface area contributed by atoms with Gasteiger partial charge >= 0.3 is 18.1 Å². The van der Waals surface area contributed by atoms with Crippen LogP contribution < -0.4 is 22.5 Å². The third-order valence-corrected chi connectivity index (χ3v) is 2.01. The number of aliphatic imine (C=N–C) groups is 1. The maximum atomic E-state index is 10.9. The number of hydrogen-bond donors (Lipinski definition) is 6. The van der Waals surface area contributed by atoms with Gasteiger partial charge in [-0.25, -0.2) is 9.59 Å². The maximum Gasteiger partial charge on any atom is 0.490 e. The summed E-state index contributed by atoms with van der Waals surface area (Å²) in [5.41, 5.74) is 15.2. The lowest BCUT2D eigenvalue weighted by molar-refractivity contribution is -0.192. The highest BCUT2D eigenvalue weighted by Gasteiger charge is 2.38. The minimum atomic E-state index is -5.08. The van der Waals surface area contributed by atoms with Crippen molar-refractivity contribution in [3.8, 4) is 0 Å². The lowest BCUT2D eigenvalue weighted by Gasteiger charge is -2.12. The number of nitrogens with zero attached hydrogens (tertiary/aromatic N) is 1. The number of aliphatic carboxylic acids is 2. The number of rotatable bonds is 7. The molecule has 23 heavy (non-hydrogen) atoms. The quantitative estimate of drug-likeness (QED) is 0.101. The Morgan fingerprint density at radius 1 is 1.17 bits per heavy atom. The molecule has 9 N–H and O–H groups in total. The van der Waals surface area contributed by atoms with E-state index < -0.39 is 30.1 Å². The summed E-state index contributed by atoms with van der Waals surface area (Å²) >= 11 is 0. The normalized spacial score (nSPS) is 11.5. The monoisotopic (exact) mass is 355 g/mol. The topological polar surface area (TPSA) is 194 Å². The molecule has 0 aromatic rings. The third kappa shape index (κ3) is 14.1. The molecule has 0 rings (SSSR count). The molecule has 0 spiro atoms. The van der Waals surface area contributed by atoms with E-state index in [4.69, 9.17) is 32.2 Å². The lowest BCUT2D eigenvalue weighted by atomic mass is 10.7. The Morgan fingerprint density at radius 2 is 1.65 bits per heavy atom. The van der Waals surface area contributed by atoms with Gasteiger partial charge in [-0.05, 0) is 12.8 Å². The zero-order chi connectivity index (χ0) is 18.6. The number of alkyl halides is 3. The van der Waals surface area contributed by atoms with Gasteiger partial charge in [-0.3, -0.25) is 9.79 Å². The Labute approximate surface area is 128 Å². The number of guanidine groups is 1. The predicted molar refractivity (Wildman–Crippen MR) is 72.2 cm³/mol. The predicted octanol–water partition coefficient (Wildman–Crippen LogP) is -1.80. The summed E-state index contributed by atoms with van der Waals surface area (Å²) in [6, 6.07) is -0.953. The van der Waals surface area contributed by atoms with Gasteiger partial charge in [-0.1, -0.05) is 0 Å². The van der Waals surface area contributed by atoms with Crippen LogP contribution in [-0.2, 0) is 14.4 Å². The van der Waals surface area contributed by atoms with Crippen LogP contribution in [0.3, 0.4) is 0 Å². The van der Waals surface area contributed by atoms with Crippen molar-refractivity contribution >= 4 is 23.8 Å². The zero-order valence-electron chi connectivity index (χ0n) is 11.8. The van der Waals surface area contributed by atoms with Crippen LogP contribution in [-0.4, -0.2) is 59.3 Å². The Bertz CT molecular complexity index is 437. The Hall–Kier alpha value is -2.57. The van der Waals surface area contributed by atoms with Gasteiger partial charge in [0, 0.05) is 6.54 Å². The van der Waals surface area contributed by atoms with E-state index in [9.17, 15) is 22.8 Å². The van der Waals surface area contributed by atoms with Gasteiger partial charge < -0.3 is 32.7 Å². The standard InChI is InChI=1S/C8H17N5O3.C2HF3O2/c9-4-6(14)13-5(7(15)16)2-1-3-12-8(10)11;3-2(4,5)1(6)7/h5H,1-4,9H2,(H,13,14)(H,15,16)(H4,10,11,12);(H,6,7)/t5-;/m0./s1/i1+1,2+1,3+1,5+1,7+1,8+1,10+1,11+1,12+1,13+1;. The van der Waals surface area contributed by atoms with Crippen LogP contribution in [0, 0.1) is 0 Å². The van der Waals surface area contributed by atoms with E-state index in [2.05, 4.69) is 10.3 Å². The number of halogens is 3. The van der Waals surface area contributed by atoms with Crippen molar-refractivity contribution in [2.24, 2.45) is 22.2 Å². The Kier molecular flexibility index (Phi) is 10.9. The highest BCUT2D eigenvalue weighted by Crippen LogP contribution is 2.13. The second-order valence-corrected chi connectivity index (χ2v) is 3.91. The molecule has 0 aromatic carbocycles. The fraction of sp³-hybridized carbons (Fsp3) is 0.600. The zero-order valence-corrected chi connectivity index (χ0v) is 11.8. The van der Waals surface area contributed by atoms with Crippen molar-refractivity contribution in [3.63, 3.8) is 0 Å². The molecule has 0 unspecified atom stereocenters. The van der Waals surface area contributed by atoms with Gasteiger partial charge in [0.25, 0.3) is 0 Å². The first-order chi connectivity index (χ1) is 10.4. The average Bonchev–Trinajstić information content (AvgIpc) is 2.40. The van der Waals surface area contributed by atoms with Crippen LogP contribution >= 0.6 is 0 Å².